The SMILES string of the molecule is O=C(C1Cc2cc(Cl)ccc2O1)N(Cc1ccccc1)c1ccccn1. The third-order valence-corrected chi connectivity index (χ3v) is 4.58. The summed E-state index contributed by atoms with van der Waals surface area (Å²) in [5.41, 5.74) is 1.99. The Morgan fingerprint density at radius 3 is 2.69 bits per heavy atom. The maximum atomic E-state index is 13.2. The minimum atomic E-state index is -0.575. The van der Waals surface area contributed by atoms with Crippen LogP contribution in [0.1, 0.15) is 11.1 Å². The average Bonchev–Trinajstić information content (AvgIpc) is 3.10. The second kappa shape index (κ2) is 7.18. The summed E-state index contributed by atoms with van der Waals surface area (Å²) in [7, 11) is 0. The van der Waals surface area contributed by atoms with Crippen LogP contribution in [0.2, 0.25) is 5.02 Å². The van der Waals surface area contributed by atoms with Gasteiger partial charge < -0.3 is 4.74 Å². The Labute approximate surface area is 157 Å². The van der Waals surface area contributed by atoms with Gasteiger partial charge in [-0.25, -0.2) is 4.98 Å². The summed E-state index contributed by atoms with van der Waals surface area (Å²) in [4.78, 5) is 19.3. The van der Waals surface area contributed by atoms with Crippen LogP contribution >= 0.6 is 11.6 Å². The smallest absolute Gasteiger partial charge is 0.269 e. The summed E-state index contributed by atoms with van der Waals surface area (Å²) < 4.78 is 5.89. The van der Waals surface area contributed by atoms with Crippen molar-refractivity contribution in [2.24, 2.45) is 0 Å². The molecule has 0 spiro atoms. The molecule has 1 aromatic heterocycles. The van der Waals surface area contributed by atoms with Gasteiger partial charge in [0.15, 0.2) is 6.10 Å². The molecule has 0 saturated heterocycles. The Balaban J connectivity index is 1.61. The molecular formula is C21H17ClN2O2. The molecule has 1 aliphatic rings. The minimum absolute atomic E-state index is 0.111. The van der Waals surface area contributed by atoms with E-state index in [-0.39, 0.29) is 5.91 Å². The van der Waals surface area contributed by atoms with Crippen LogP contribution < -0.4 is 9.64 Å². The molecule has 2 heterocycles. The number of carbonyl (C=O) groups excluding carboxylic acids is 1. The number of aromatic nitrogens is 1. The van der Waals surface area contributed by atoms with Gasteiger partial charge in [0, 0.05) is 17.6 Å². The van der Waals surface area contributed by atoms with Crippen LogP contribution in [0.4, 0.5) is 5.82 Å². The van der Waals surface area contributed by atoms with E-state index in [1.165, 1.54) is 0 Å². The highest BCUT2D eigenvalue weighted by molar-refractivity contribution is 6.30. The summed E-state index contributed by atoms with van der Waals surface area (Å²) in [6.45, 7) is 0.438. The summed E-state index contributed by atoms with van der Waals surface area (Å²) in [6, 6.07) is 20.8. The van der Waals surface area contributed by atoms with Gasteiger partial charge >= 0.3 is 0 Å². The second-order valence-corrected chi connectivity index (χ2v) is 6.60. The topological polar surface area (TPSA) is 42.4 Å². The Kier molecular flexibility index (Phi) is 4.59. The normalized spacial score (nSPS) is 15.2. The van der Waals surface area contributed by atoms with Crippen LogP contribution in [-0.4, -0.2) is 17.0 Å². The van der Waals surface area contributed by atoms with Gasteiger partial charge in [-0.05, 0) is 41.5 Å². The molecule has 0 radical (unpaired) electrons. The van der Waals surface area contributed by atoms with Gasteiger partial charge in [0.2, 0.25) is 0 Å². The monoisotopic (exact) mass is 364 g/mol. The third-order valence-electron chi connectivity index (χ3n) is 4.35. The number of benzene rings is 2. The number of hydrogen-bond donors (Lipinski definition) is 0. The van der Waals surface area contributed by atoms with Crippen LogP contribution in [0.15, 0.2) is 72.9 Å². The lowest BCUT2D eigenvalue weighted by atomic mass is 10.1. The number of rotatable bonds is 4. The highest BCUT2D eigenvalue weighted by Crippen LogP contribution is 2.32. The predicted octanol–water partition coefficient (Wildman–Crippen LogP) is 4.27. The van der Waals surface area contributed by atoms with E-state index in [1.807, 2.05) is 60.7 Å². The zero-order valence-electron chi connectivity index (χ0n) is 14.0. The van der Waals surface area contributed by atoms with Crippen molar-refractivity contribution in [1.82, 2.24) is 4.98 Å². The number of halogens is 1. The molecular weight excluding hydrogens is 348 g/mol. The molecule has 0 fully saturated rings. The highest BCUT2D eigenvalue weighted by Gasteiger charge is 2.33. The fraction of sp³-hybridized carbons (Fsp3) is 0.143. The van der Waals surface area contributed by atoms with E-state index in [4.69, 9.17) is 16.3 Å². The van der Waals surface area contributed by atoms with Crippen molar-refractivity contribution >= 4 is 23.3 Å². The first-order valence-electron chi connectivity index (χ1n) is 8.42. The maximum Gasteiger partial charge on any atom is 0.269 e. The number of anilines is 1. The molecule has 130 valence electrons. The van der Waals surface area contributed by atoms with E-state index in [0.717, 1.165) is 11.1 Å². The first-order chi connectivity index (χ1) is 12.7. The lowest BCUT2D eigenvalue weighted by Gasteiger charge is -2.24. The number of fused-ring (bicyclic) bond motifs is 1. The standard InChI is InChI=1S/C21H17ClN2O2/c22-17-9-10-18-16(12-17)13-19(26-18)21(25)24(20-8-4-5-11-23-20)14-15-6-2-1-3-7-15/h1-12,19H,13-14H2. The molecule has 5 heteroatoms. The van der Waals surface area contributed by atoms with E-state index in [9.17, 15) is 4.79 Å². The molecule has 0 N–H and O–H groups in total. The number of amides is 1. The van der Waals surface area contributed by atoms with Crippen LogP contribution in [0.25, 0.3) is 0 Å². The molecule has 0 saturated carbocycles. The average molecular weight is 365 g/mol. The quantitative estimate of drug-likeness (QED) is 0.694. The van der Waals surface area contributed by atoms with Gasteiger partial charge in [0.1, 0.15) is 11.6 Å². The maximum absolute atomic E-state index is 13.2. The molecule has 1 aliphatic heterocycles. The summed E-state index contributed by atoms with van der Waals surface area (Å²) >= 11 is 6.06. The van der Waals surface area contributed by atoms with Gasteiger partial charge in [-0.15, -0.1) is 0 Å². The Bertz CT molecular complexity index is 916. The van der Waals surface area contributed by atoms with Crippen LogP contribution in [0.5, 0.6) is 5.75 Å². The van der Waals surface area contributed by atoms with E-state index in [1.54, 1.807) is 17.2 Å². The Morgan fingerprint density at radius 2 is 1.92 bits per heavy atom. The number of carbonyl (C=O) groups is 1. The number of hydrogen-bond acceptors (Lipinski definition) is 3. The molecule has 0 aliphatic carbocycles. The van der Waals surface area contributed by atoms with Crippen molar-refractivity contribution in [3.63, 3.8) is 0 Å². The molecule has 26 heavy (non-hydrogen) atoms. The molecule has 1 atom stereocenters. The number of pyridine rings is 1. The molecule has 4 nitrogen and oxygen atoms in total. The van der Waals surface area contributed by atoms with Crippen molar-refractivity contribution in [3.05, 3.63) is 89.1 Å². The summed E-state index contributed by atoms with van der Waals surface area (Å²) in [6.07, 6.45) is 1.62. The van der Waals surface area contributed by atoms with Gasteiger partial charge in [0.05, 0.1) is 6.54 Å². The molecule has 1 amide bonds. The van der Waals surface area contributed by atoms with E-state index >= 15 is 0 Å². The van der Waals surface area contributed by atoms with E-state index in [0.29, 0.717) is 29.6 Å². The van der Waals surface area contributed by atoms with Crippen molar-refractivity contribution in [2.75, 3.05) is 4.90 Å². The van der Waals surface area contributed by atoms with E-state index in [2.05, 4.69) is 4.98 Å². The van der Waals surface area contributed by atoms with Crippen LogP contribution in [0, 0.1) is 0 Å². The van der Waals surface area contributed by atoms with Crippen molar-refractivity contribution < 1.29 is 9.53 Å². The zero-order valence-corrected chi connectivity index (χ0v) is 14.8. The lowest BCUT2D eigenvalue weighted by molar-refractivity contribution is -0.124. The third kappa shape index (κ3) is 3.41. The largest absolute Gasteiger partial charge is 0.480 e. The van der Waals surface area contributed by atoms with Crippen molar-refractivity contribution in [2.45, 2.75) is 19.1 Å². The lowest BCUT2D eigenvalue weighted by Crippen LogP contribution is -2.41. The van der Waals surface area contributed by atoms with Gasteiger partial charge in [0.25, 0.3) is 5.91 Å². The highest BCUT2D eigenvalue weighted by atomic mass is 35.5. The summed E-state index contributed by atoms with van der Waals surface area (Å²) in [5, 5.41) is 0.645. The molecule has 0 bridgehead atoms. The number of ether oxygens (including phenoxy) is 1. The van der Waals surface area contributed by atoms with Crippen LogP contribution in [0.3, 0.4) is 0 Å². The Hall–Kier alpha value is -2.85. The summed E-state index contributed by atoms with van der Waals surface area (Å²) in [5.74, 6) is 1.22. The zero-order chi connectivity index (χ0) is 17.9. The van der Waals surface area contributed by atoms with Gasteiger partial charge in [-0.2, -0.15) is 0 Å². The van der Waals surface area contributed by atoms with Crippen molar-refractivity contribution in [3.8, 4) is 5.75 Å². The van der Waals surface area contributed by atoms with Gasteiger partial charge in [-0.3, -0.25) is 9.69 Å². The molecule has 3 aromatic rings. The number of nitrogens with zero attached hydrogens (tertiary/aromatic N) is 2. The Morgan fingerprint density at radius 1 is 1.12 bits per heavy atom. The first kappa shape index (κ1) is 16.6. The van der Waals surface area contributed by atoms with Crippen molar-refractivity contribution in [1.29, 1.82) is 0 Å². The first-order valence-corrected chi connectivity index (χ1v) is 8.80. The predicted molar refractivity (Wildman–Crippen MR) is 101 cm³/mol. The minimum Gasteiger partial charge on any atom is -0.480 e. The molecule has 1 unspecified atom stereocenters. The van der Waals surface area contributed by atoms with E-state index < -0.39 is 6.10 Å². The fourth-order valence-corrected chi connectivity index (χ4v) is 3.27. The molecule has 2 aromatic carbocycles. The second-order valence-electron chi connectivity index (χ2n) is 6.16. The fourth-order valence-electron chi connectivity index (χ4n) is 3.08. The van der Waals surface area contributed by atoms with Gasteiger partial charge in [-0.1, -0.05) is 48.0 Å². The molecule has 4 rings (SSSR count). The van der Waals surface area contributed by atoms with Crippen LogP contribution in [-0.2, 0) is 17.8 Å².